The Morgan fingerprint density at radius 3 is 3.21 bits per heavy atom. The molecule has 1 aliphatic heterocycles. The first-order chi connectivity index (χ1) is 6.95. The van der Waals surface area contributed by atoms with Crippen molar-refractivity contribution in [3.8, 4) is 17.0 Å². The summed E-state index contributed by atoms with van der Waals surface area (Å²) in [6, 6.07) is 6.23. The van der Waals surface area contributed by atoms with Gasteiger partial charge in [0.15, 0.2) is 0 Å². The SMILES string of the molecule is c1cc2c(c(-c3cnc[nH]3)c1)OCC2. The number of aromatic nitrogens is 2. The molecule has 0 saturated carbocycles. The molecular weight excluding hydrogens is 176 g/mol. The molecule has 14 heavy (non-hydrogen) atoms. The second-order valence-corrected chi connectivity index (χ2v) is 3.36. The Morgan fingerprint density at radius 2 is 2.36 bits per heavy atom. The van der Waals surface area contributed by atoms with Crippen LogP contribution in [0.15, 0.2) is 30.7 Å². The highest BCUT2D eigenvalue weighted by atomic mass is 16.5. The maximum Gasteiger partial charge on any atom is 0.131 e. The van der Waals surface area contributed by atoms with Crippen LogP contribution in [-0.4, -0.2) is 16.6 Å². The van der Waals surface area contributed by atoms with Crippen LogP contribution >= 0.6 is 0 Å². The summed E-state index contributed by atoms with van der Waals surface area (Å²) in [5.74, 6) is 1.01. The fourth-order valence-electron chi connectivity index (χ4n) is 1.83. The van der Waals surface area contributed by atoms with Gasteiger partial charge in [0.05, 0.1) is 24.8 Å². The van der Waals surface area contributed by atoms with Gasteiger partial charge in [-0.05, 0) is 11.6 Å². The monoisotopic (exact) mass is 186 g/mol. The van der Waals surface area contributed by atoms with E-state index in [9.17, 15) is 0 Å². The van der Waals surface area contributed by atoms with Crippen LogP contribution in [0.1, 0.15) is 5.56 Å². The van der Waals surface area contributed by atoms with Gasteiger partial charge in [-0.2, -0.15) is 0 Å². The van der Waals surface area contributed by atoms with Gasteiger partial charge in [0.1, 0.15) is 5.75 Å². The lowest BCUT2D eigenvalue weighted by molar-refractivity contribution is 0.358. The van der Waals surface area contributed by atoms with Crippen LogP contribution in [0, 0.1) is 0 Å². The smallest absolute Gasteiger partial charge is 0.131 e. The van der Waals surface area contributed by atoms with Crippen molar-refractivity contribution in [3.05, 3.63) is 36.3 Å². The summed E-state index contributed by atoms with van der Waals surface area (Å²) in [5, 5.41) is 0. The average molecular weight is 186 g/mol. The van der Waals surface area contributed by atoms with E-state index in [1.807, 2.05) is 6.20 Å². The third kappa shape index (κ3) is 1.02. The van der Waals surface area contributed by atoms with E-state index < -0.39 is 0 Å². The Labute approximate surface area is 81.8 Å². The molecule has 1 aliphatic rings. The van der Waals surface area contributed by atoms with Gasteiger partial charge in [-0.15, -0.1) is 0 Å². The Bertz CT molecular complexity index is 448. The zero-order valence-corrected chi connectivity index (χ0v) is 7.66. The second kappa shape index (κ2) is 2.87. The molecule has 0 unspecified atom stereocenters. The molecule has 1 aromatic heterocycles. The van der Waals surface area contributed by atoms with E-state index in [-0.39, 0.29) is 0 Å². The van der Waals surface area contributed by atoms with Gasteiger partial charge in [0, 0.05) is 12.0 Å². The standard InChI is InChI=1S/C11H10N2O/c1-2-8-4-5-14-11(8)9(3-1)10-6-12-7-13-10/h1-3,6-7H,4-5H2,(H,12,13). The number of hydrogen-bond donors (Lipinski definition) is 1. The molecule has 2 heterocycles. The number of ether oxygens (including phenoxy) is 1. The Morgan fingerprint density at radius 1 is 1.36 bits per heavy atom. The van der Waals surface area contributed by atoms with Gasteiger partial charge in [0.2, 0.25) is 0 Å². The number of imidazole rings is 1. The lowest BCUT2D eigenvalue weighted by Crippen LogP contribution is -1.88. The molecule has 70 valence electrons. The van der Waals surface area contributed by atoms with Gasteiger partial charge in [0.25, 0.3) is 0 Å². The molecule has 2 aromatic rings. The summed E-state index contributed by atoms with van der Waals surface area (Å²) in [4.78, 5) is 7.10. The quantitative estimate of drug-likeness (QED) is 0.739. The molecule has 0 spiro atoms. The lowest BCUT2D eigenvalue weighted by Gasteiger charge is -2.04. The van der Waals surface area contributed by atoms with Gasteiger partial charge < -0.3 is 9.72 Å². The maximum absolute atomic E-state index is 5.61. The topological polar surface area (TPSA) is 37.9 Å². The van der Waals surface area contributed by atoms with Crippen LogP contribution in [0.3, 0.4) is 0 Å². The van der Waals surface area contributed by atoms with Crippen molar-refractivity contribution < 1.29 is 4.74 Å². The first-order valence-corrected chi connectivity index (χ1v) is 4.68. The van der Waals surface area contributed by atoms with E-state index in [2.05, 4.69) is 28.2 Å². The summed E-state index contributed by atoms with van der Waals surface area (Å²) in [5.41, 5.74) is 3.42. The van der Waals surface area contributed by atoms with Crippen molar-refractivity contribution in [2.75, 3.05) is 6.61 Å². The first-order valence-electron chi connectivity index (χ1n) is 4.68. The lowest BCUT2D eigenvalue weighted by atomic mass is 10.1. The predicted octanol–water partition coefficient (Wildman–Crippen LogP) is 2.01. The van der Waals surface area contributed by atoms with Crippen LogP contribution in [0.5, 0.6) is 5.75 Å². The molecule has 0 amide bonds. The number of H-pyrrole nitrogens is 1. The molecule has 1 N–H and O–H groups in total. The average Bonchev–Trinajstić information content (AvgIpc) is 2.88. The number of nitrogens with one attached hydrogen (secondary N) is 1. The van der Waals surface area contributed by atoms with Gasteiger partial charge >= 0.3 is 0 Å². The van der Waals surface area contributed by atoms with Crippen molar-refractivity contribution in [1.82, 2.24) is 9.97 Å². The molecule has 0 aliphatic carbocycles. The second-order valence-electron chi connectivity index (χ2n) is 3.36. The minimum atomic E-state index is 0.792. The third-order valence-electron chi connectivity index (χ3n) is 2.50. The third-order valence-corrected chi connectivity index (χ3v) is 2.50. The highest BCUT2D eigenvalue weighted by molar-refractivity contribution is 5.69. The summed E-state index contributed by atoms with van der Waals surface area (Å²) in [6.07, 6.45) is 4.51. The van der Waals surface area contributed by atoms with Crippen molar-refractivity contribution in [2.45, 2.75) is 6.42 Å². The number of benzene rings is 1. The van der Waals surface area contributed by atoms with Gasteiger partial charge in [-0.1, -0.05) is 12.1 Å². The van der Waals surface area contributed by atoms with Gasteiger partial charge in [-0.25, -0.2) is 4.98 Å². The van der Waals surface area contributed by atoms with E-state index in [4.69, 9.17) is 4.74 Å². The number of fused-ring (bicyclic) bond motifs is 1. The highest BCUT2D eigenvalue weighted by Crippen LogP contribution is 2.35. The van der Waals surface area contributed by atoms with Crippen LogP contribution < -0.4 is 4.74 Å². The minimum absolute atomic E-state index is 0.792. The molecule has 0 radical (unpaired) electrons. The molecule has 3 heteroatoms. The summed E-state index contributed by atoms with van der Waals surface area (Å²) in [6.45, 7) is 0.792. The molecule has 0 fully saturated rings. The molecule has 0 saturated heterocycles. The first kappa shape index (κ1) is 7.62. The summed E-state index contributed by atoms with van der Waals surface area (Å²) < 4.78 is 5.61. The Kier molecular flexibility index (Phi) is 1.56. The Hall–Kier alpha value is -1.77. The van der Waals surface area contributed by atoms with Crippen molar-refractivity contribution in [1.29, 1.82) is 0 Å². The van der Waals surface area contributed by atoms with Crippen molar-refractivity contribution >= 4 is 0 Å². The largest absolute Gasteiger partial charge is 0.492 e. The number of rotatable bonds is 1. The van der Waals surface area contributed by atoms with Crippen LogP contribution in [0.2, 0.25) is 0 Å². The molecule has 1 aromatic carbocycles. The normalized spacial score (nSPS) is 13.7. The van der Waals surface area contributed by atoms with Crippen LogP contribution in [0.4, 0.5) is 0 Å². The minimum Gasteiger partial charge on any atom is -0.492 e. The number of hydrogen-bond acceptors (Lipinski definition) is 2. The predicted molar refractivity (Wildman–Crippen MR) is 53.2 cm³/mol. The maximum atomic E-state index is 5.61. The summed E-state index contributed by atoms with van der Waals surface area (Å²) >= 11 is 0. The number of aromatic amines is 1. The van der Waals surface area contributed by atoms with Crippen molar-refractivity contribution in [2.24, 2.45) is 0 Å². The zero-order chi connectivity index (χ0) is 9.38. The molecule has 0 bridgehead atoms. The molecule has 3 rings (SSSR count). The van der Waals surface area contributed by atoms with Crippen molar-refractivity contribution in [3.63, 3.8) is 0 Å². The van der Waals surface area contributed by atoms with E-state index >= 15 is 0 Å². The van der Waals surface area contributed by atoms with E-state index in [0.29, 0.717) is 0 Å². The van der Waals surface area contributed by atoms with E-state index in [1.54, 1.807) is 6.33 Å². The molecule has 0 atom stereocenters. The van der Waals surface area contributed by atoms with Crippen LogP contribution in [0.25, 0.3) is 11.3 Å². The van der Waals surface area contributed by atoms with E-state index in [1.165, 1.54) is 5.56 Å². The Balaban J connectivity index is 2.20. The fraction of sp³-hybridized carbons (Fsp3) is 0.182. The highest BCUT2D eigenvalue weighted by Gasteiger charge is 2.16. The molecular formula is C11H10N2O. The van der Waals surface area contributed by atoms with Crippen LogP contribution in [-0.2, 0) is 6.42 Å². The zero-order valence-electron chi connectivity index (χ0n) is 7.66. The molecule has 3 nitrogen and oxygen atoms in total. The summed E-state index contributed by atoms with van der Waals surface area (Å²) in [7, 11) is 0. The number of para-hydroxylation sites is 1. The number of nitrogens with zero attached hydrogens (tertiary/aromatic N) is 1. The van der Waals surface area contributed by atoms with E-state index in [0.717, 1.165) is 30.0 Å². The fourth-order valence-corrected chi connectivity index (χ4v) is 1.83. The van der Waals surface area contributed by atoms with Gasteiger partial charge in [-0.3, -0.25) is 0 Å².